The van der Waals surface area contributed by atoms with E-state index < -0.39 is 42.0 Å². The Morgan fingerprint density at radius 2 is 2.04 bits per heavy atom. The van der Waals surface area contributed by atoms with Crippen LogP contribution in [0.5, 0.6) is 0 Å². The lowest BCUT2D eigenvalue weighted by Crippen LogP contribution is -2.32. The smallest absolute Gasteiger partial charge is 0.422 e. The number of esters is 2. The Morgan fingerprint density at radius 1 is 1.39 bits per heavy atom. The van der Waals surface area contributed by atoms with Crippen LogP contribution in [0.15, 0.2) is 12.2 Å². The van der Waals surface area contributed by atoms with E-state index in [4.69, 9.17) is 9.47 Å². The van der Waals surface area contributed by atoms with E-state index in [1.807, 2.05) is 0 Å². The van der Waals surface area contributed by atoms with E-state index in [9.17, 15) is 22.8 Å². The lowest BCUT2D eigenvalue weighted by molar-refractivity contribution is -0.179. The molecule has 0 radical (unpaired) electrons. The van der Waals surface area contributed by atoms with E-state index in [2.05, 4.69) is 11.3 Å². The van der Waals surface area contributed by atoms with Gasteiger partial charge in [0, 0.05) is 5.75 Å². The van der Waals surface area contributed by atoms with Crippen LogP contribution in [0.3, 0.4) is 0 Å². The Balaban J connectivity index is 2.40. The number of thioether (sulfide) groups is 1. The van der Waals surface area contributed by atoms with Crippen molar-refractivity contribution in [2.75, 3.05) is 18.1 Å². The maximum atomic E-state index is 12.3. The van der Waals surface area contributed by atoms with Crippen molar-refractivity contribution in [2.24, 2.45) is 5.92 Å². The fourth-order valence-electron chi connectivity index (χ4n) is 1.79. The van der Waals surface area contributed by atoms with E-state index in [-0.39, 0.29) is 6.42 Å². The number of alkyl halides is 3. The SMILES string of the molecule is C=C(C(=O)OC(C)C[C@H](C)C(=O)OC1CSCCO1)C(F)(F)F. The van der Waals surface area contributed by atoms with E-state index in [1.54, 1.807) is 18.7 Å². The van der Waals surface area contributed by atoms with Crippen molar-refractivity contribution < 1.29 is 37.0 Å². The van der Waals surface area contributed by atoms with Crippen molar-refractivity contribution in [3.05, 3.63) is 12.2 Å². The zero-order valence-corrected chi connectivity index (χ0v) is 13.7. The highest BCUT2D eigenvalue weighted by molar-refractivity contribution is 7.99. The van der Waals surface area contributed by atoms with E-state index in [0.717, 1.165) is 5.75 Å². The zero-order valence-electron chi connectivity index (χ0n) is 12.9. The zero-order chi connectivity index (χ0) is 17.6. The first-order valence-corrected chi connectivity index (χ1v) is 8.13. The van der Waals surface area contributed by atoms with Crippen LogP contribution in [0.25, 0.3) is 0 Å². The lowest BCUT2D eigenvalue weighted by Gasteiger charge is -2.24. The molecule has 23 heavy (non-hydrogen) atoms. The van der Waals surface area contributed by atoms with Gasteiger partial charge in [-0.15, -0.1) is 0 Å². The molecule has 0 saturated carbocycles. The van der Waals surface area contributed by atoms with E-state index in [0.29, 0.717) is 12.4 Å². The third kappa shape index (κ3) is 6.82. The number of hydrogen-bond donors (Lipinski definition) is 0. The number of hydrogen-bond acceptors (Lipinski definition) is 6. The molecule has 0 aromatic rings. The molecule has 0 aliphatic carbocycles. The first kappa shape index (κ1) is 19.8. The molecule has 5 nitrogen and oxygen atoms in total. The summed E-state index contributed by atoms with van der Waals surface area (Å²) in [5, 5.41) is 0. The first-order valence-electron chi connectivity index (χ1n) is 6.98. The highest BCUT2D eigenvalue weighted by Crippen LogP contribution is 2.26. The molecule has 1 aliphatic heterocycles. The summed E-state index contributed by atoms with van der Waals surface area (Å²) in [6, 6.07) is 0. The standard InChI is InChI=1S/C14H19F3O5S/c1-8(12(18)22-11-7-23-5-4-20-11)6-9(2)21-13(19)10(3)14(15,16)17/h8-9,11H,3-7H2,1-2H3/t8-,9?,11?/m0/s1. The van der Waals surface area contributed by atoms with Gasteiger partial charge in [0.1, 0.15) is 11.7 Å². The molecule has 2 unspecified atom stereocenters. The van der Waals surface area contributed by atoms with Crippen LogP contribution in [0.4, 0.5) is 13.2 Å². The summed E-state index contributed by atoms with van der Waals surface area (Å²) in [6.07, 6.45) is -6.30. The molecule has 0 amide bonds. The topological polar surface area (TPSA) is 61.8 Å². The van der Waals surface area contributed by atoms with Gasteiger partial charge in [0.2, 0.25) is 6.29 Å². The molecule has 0 aromatic carbocycles. The van der Waals surface area contributed by atoms with Crippen molar-refractivity contribution in [1.82, 2.24) is 0 Å². The normalized spacial score (nSPS) is 21.2. The minimum absolute atomic E-state index is 0.0373. The van der Waals surface area contributed by atoms with Gasteiger partial charge in [-0.2, -0.15) is 24.9 Å². The first-order chi connectivity index (χ1) is 10.6. The maximum Gasteiger partial charge on any atom is 0.422 e. The molecule has 1 rings (SSSR count). The molecule has 0 bridgehead atoms. The summed E-state index contributed by atoms with van der Waals surface area (Å²) >= 11 is 1.60. The Kier molecular flexibility index (Phi) is 7.40. The highest BCUT2D eigenvalue weighted by atomic mass is 32.2. The Labute approximate surface area is 136 Å². The molecule has 0 spiro atoms. The van der Waals surface area contributed by atoms with Gasteiger partial charge < -0.3 is 14.2 Å². The summed E-state index contributed by atoms with van der Waals surface area (Å²) < 4.78 is 52.0. The van der Waals surface area contributed by atoms with Gasteiger partial charge in [0.15, 0.2) is 0 Å². The highest BCUT2D eigenvalue weighted by Gasteiger charge is 2.38. The minimum Gasteiger partial charge on any atom is -0.459 e. The van der Waals surface area contributed by atoms with Gasteiger partial charge in [-0.25, -0.2) is 4.79 Å². The molecule has 3 atom stereocenters. The second kappa shape index (κ2) is 8.58. The van der Waals surface area contributed by atoms with Gasteiger partial charge in [0.05, 0.1) is 18.3 Å². The largest absolute Gasteiger partial charge is 0.459 e. The van der Waals surface area contributed by atoms with Gasteiger partial charge in [0.25, 0.3) is 0 Å². The summed E-state index contributed by atoms with van der Waals surface area (Å²) in [5.41, 5.74) is -1.58. The molecule has 1 heterocycles. The average molecular weight is 356 g/mol. The van der Waals surface area contributed by atoms with Crippen LogP contribution < -0.4 is 0 Å². The number of carbonyl (C=O) groups excluding carboxylic acids is 2. The Hall–Kier alpha value is -1.22. The lowest BCUT2D eigenvalue weighted by atomic mass is 10.0. The summed E-state index contributed by atoms with van der Waals surface area (Å²) in [6.45, 7) is 6.10. The monoisotopic (exact) mass is 356 g/mol. The van der Waals surface area contributed by atoms with E-state index >= 15 is 0 Å². The molecule has 1 aliphatic rings. The van der Waals surface area contributed by atoms with E-state index in [1.165, 1.54) is 6.92 Å². The Bertz CT molecular complexity index is 446. The molecule has 132 valence electrons. The Morgan fingerprint density at radius 3 is 2.57 bits per heavy atom. The van der Waals surface area contributed by atoms with Crippen molar-refractivity contribution in [2.45, 2.75) is 38.8 Å². The number of ether oxygens (including phenoxy) is 3. The fraction of sp³-hybridized carbons (Fsp3) is 0.714. The van der Waals surface area contributed by atoms with Crippen LogP contribution in [0, 0.1) is 5.92 Å². The van der Waals surface area contributed by atoms with Crippen molar-refractivity contribution in [1.29, 1.82) is 0 Å². The second-order valence-electron chi connectivity index (χ2n) is 5.14. The van der Waals surface area contributed by atoms with Crippen LogP contribution in [0.1, 0.15) is 20.3 Å². The molecule has 9 heteroatoms. The van der Waals surface area contributed by atoms with Gasteiger partial charge >= 0.3 is 18.1 Å². The fourth-order valence-corrected chi connectivity index (χ4v) is 2.53. The summed E-state index contributed by atoms with van der Waals surface area (Å²) in [4.78, 5) is 23.2. The molecular formula is C14H19F3O5S. The molecule has 0 aromatic heterocycles. The minimum atomic E-state index is -4.84. The van der Waals surface area contributed by atoms with Crippen LogP contribution in [-0.4, -0.2) is 48.6 Å². The third-order valence-electron chi connectivity index (χ3n) is 3.02. The number of carbonyl (C=O) groups is 2. The predicted molar refractivity (Wildman–Crippen MR) is 77.7 cm³/mol. The third-order valence-corrected chi connectivity index (χ3v) is 3.98. The second-order valence-corrected chi connectivity index (χ2v) is 6.29. The molecular weight excluding hydrogens is 337 g/mol. The van der Waals surface area contributed by atoms with Crippen LogP contribution >= 0.6 is 11.8 Å². The predicted octanol–water partition coefficient (Wildman–Crippen LogP) is 2.70. The van der Waals surface area contributed by atoms with Crippen molar-refractivity contribution in [3.8, 4) is 0 Å². The summed E-state index contributed by atoms with van der Waals surface area (Å²) in [5.74, 6) is -1.37. The molecule has 1 fully saturated rings. The van der Waals surface area contributed by atoms with Crippen molar-refractivity contribution >= 4 is 23.7 Å². The van der Waals surface area contributed by atoms with Gasteiger partial charge in [-0.1, -0.05) is 13.5 Å². The van der Waals surface area contributed by atoms with Crippen LogP contribution in [-0.2, 0) is 23.8 Å². The quantitative estimate of drug-likeness (QED) is 0.539. The van der Waals surface area contributed by atoms with Gasteiger partial charge in [-0.05, 0) is 13.3 Å². The van der Waals surface area contributed by atoms with Crippen LogP contribution in [0.2, 0.25) is 0 Å². The maximum absolute atomic E-state index is 12.3. The molecule has 0 N–H and O–H groups in total. The van der Waals surface area contributed by atoms with Crippen molar-refractivity contribution in [3.63, 3.8) is 0 Å². The van der Waals surface area contributed by atoms with Gasteiger partial charge in [-0.3, -0.25) is 4.79 Å². The summed E-state index contributed by atoms with van der Waals surface area (Å²) in [7, 11) is 0. The average Bonchev–Trinajstić information content (AvgIpc) is 2.46. The molecule has 1 saturated heterocycles. The number of halogens is 3. The number of rotatable bonds is 6.